The van der Waals surface area contributed by atoms with Crippen molar-refractivity contribution >= 4 is 18.7 Å². The minimum Gasteiger partial charge on any atom is -0.423 e. The Labute approximate surface area is 97.8 Å². The molecule has 0 aliphatic heterocycles. The summed E-state index contributed by atoms with van der Waals surface area (Å²) in [4.78, 5) is 0. The van der Waals surface area contributed by atoms with Crippen LogP contribution in [0.5, 0.6) is 0 Å². The van der Waals surface area contributed by atoms with Crippen LogP contribution in [-0.2, 0) is 0 Å². The summed E-state index contributed by atoms with van der Waals surface area (Å²) in [5.41, 5.74) is 1.90. The molecule has 0 amide bonds. The lowest BCUT2D eigenvalue weighted by Gasteiger charge is -2.14. The minimum absolute atomic E-state index is 0.303. The third-order valence-corrected chi connectivity index (χ3v) is 2.28. The van der Waals surface area contributed by atoms with Crippen molar-refractivity contribution in [3.8, 4) is 0 Å². The van der Waals surface area contributed by atoms with Crippen molar-refractivity contribution in [2.45, 2.75) is 27.2 Å². The van der Waals surface area contributed by atoms with Crippen LogP contribution in [0.2, 0.25) is 0 Å². The summed E-state index contributed by atoms with van der Waals surface area (Å²) in [6.07, 6.45) is 5.22. The Bertz CT molecular complexity index is 347. The standard InChI is InChI=1S/C13H19BO2/c1-13(2,3)10-4-5-11-6-8-12(9-7-11)14(15)16/h4-9,15-16H,10H2,1-3H3. The van der Waals surface area contributed by atoms with E-state index in [4.69, 9.17) is 10.0 Å². The molecule has 0 spiro atoms. The molecule has 0 radical (unpaired) electrons. The molecule has 3 heteroatoms. The smallest absolute Gasteiger partial charge is 0.423 e. The lowest BCUT2D eigenvalue weighted by molar-refractivity contribution is 0.421. The molecular formula is C13H19BO2. The molecule has 0 aliphatic carbocycles. The predicted octanol–water partition coefficient (Wildman–Crippen LogP) is 1.82. The molecule has 0 heterocycles. The first-order chi connectivity index (χ1) is 7.38. The zero-order chi connectivity index (χ0) is 12.2. The van der Waals surface area contributed by atoms with Gasteiger partial charge in [0.25, 0.3) is 0 Å². The van der Waals surface area contributed by atoms with E-state index < -0.39 is 7.12 Å². The molecule has 2 nitrogen and oxygen atoms in total. The van der Waals surface area contributed by atoms with Gasteiger partial charge in [-0.25, -0.2) is 0 Å². The first-order valence-electron chi connectivity index (χ1n) is 5.51. The van der Waals surface area contributed by atoms with Crippen LogP contribution in [0.15, 0.2) is 30.3 Å². The Kier molecular flexibility index (Phi) is 4.33. The number of benzene rings is 1. The third-order valence-electron chi connectivity index (χ3n) is 2.28. The highest BCUT2D eigenvalue weighted by molar-refractivity contribution is 6.58. The summed E-state index contributed by atoms with van der Waals surface area (Å²) in [5, 5.41) is 17.9. The fraction of sp³-hybridized carbons (Fsp3) is 0.385. The topological polar surface area (TPSA) is 40.5 Å². The largest absolute Gasteiger partial charge is 0.488 e. The van der Waals surface area contributed by atoms with Crippen LogP contribution in [0.1, 0.15) is 32.8 Å². The molecule has 1 aromatic carbocycles. The first kappa shape index (κ1) is 13.0. The maximum Gasteiger partial charge on any atom is 0.488 e. The maximum absolute atomic E-state index is 8.93. The number of allylic oxidation sites excluding steroid dienone is 1. The second-order valence-corrected chi connectivity index (χ2v) is 5.21. The molecule has 1 rings (SSSR count). The molecular weight excluding hydrogens is 199 g/mol. The number of rotatable bonds is 3. The molecule has 0 fully saturated rings. The van der Waals surface area contributed by atoms with E-state index in [0.29, 0.717) is 10.9 Å². The van der Waals surface area contributed by atoms with Gasteiger partial charge in [-0.15, -0.1) is 0 Å². The normalized spacial score (nSPS) is 12.1. The Morgan fingerprint density at radius 2 is 1.69 bits per heavy atom. The fourth-order valence-corrected chi connectivity index (χ4v) is 1.33. The van der Waals surface area contributed by atoms with Crippen molar-refractivity contribution < 1.29 is 10.0 Å². The van der Waals surface area contributed by atoms with E-state index in [0.717, 1.165) is 12.0 Å². The highest BCUT2D eigenvalue weighted by Gasteiger charge is 2.09. The van der Waals surface area contributed by atoms with Crippen molar-refractivity contribution in [2.24, 2.45) is 5.41 Å². The molecule has 0 aliphatic rings. The van der Waals surface area contributed by atoms with Gasteiger partial charge in [0.15, 0.2) is 0 Å². The van der Waals surface area contributed by atoms with E-state index in [9.17, 15) is 0 Å². The van der Waals surface area contributed by atoms with Gasteiger partial charge in [-0.05, 0) is 22.9 Å². The summed E-state index contributed by atoms with van der Waals surface area (Å²) >= 11 is 0. The lowest BCUT2D eigenvalue weighted by atomic mass is 9.80. The van der Waals surface area contributed by atoms with Crippen LogP contribution in [0, 0.1) is 5.41 Å². The van der Waals surface area contributed by atoms with E-state index >= 15 is 0 Å². The van der Waals surface area contributed by atoms with Gasteiger partial charge in [-0.1, -0.05) is 57.2 Å². The minimum atomic E-state index is -1.38. The molecule has 0 aromatic heterocycles. The highest BCUT2D eigenvalue weighted by Crippen LogP contribution is 2.19. The van der Waals surface area contributed by atoms with Crippen LogP contribution in [0.25, 0.3) is 6.08 Å². The Morgan fingerprint density at radius 1 is 1.12 bits per heavy atom. The molecule has 16 heavy (non-hydrogen) atoms. The molecule has 1 aromatic rings. The van der Waals surface area contributed by atoms with Crippen molar-refractivity contribution in [1.82, 2.24) is 0 Å². The fourth-order valence-electron chi connectivity index (χ4n) is 1.33. The Hall–Kier alpha value is -1.06. The lowest BCUT2D eigenvalue weighted by Crippen LogP contribution is -2.29. The van der Waals surface area contributed by atoms with Crippen LogP contribution >= 0.6 is 0 Å². The van der Waals surface area contributed by atoms with Gasteiger partial charge in [0.1, 0.15) is 0 Å². The summed E-state index contributed by atoms with van der Waals surface area (Å²) in [5.74, 6) is 0. The molecule has 86 valence electrons. The molecule has 0 saturated carbocycles. The zero-order valence-electron chi connectivity index (χ0n) is 10.1. The van der Waals surface area contributed by atoms with Crippen molar-refractivity contribution in [3.05, 3.63) is 35.9 Å². The average molecular weight is 218 g/mol. The zero-order valence-corrected chi connectivity index (χ0v) is 10.1. The van der Waals surface area contributed by atoms with Gasteiger partial charge in [-0.3, -0.25) is 0 Å². The van der Waals surface area contributed by atoms with E-state index in [-0.39, 0.29) is 0 Å². The van der Waals surface area contributed by atoms with Crippen LogP contribution in [0.3, 0.4) is 0 Å². The molecule has 0 unspecified atom stereocenters. The summed E-state index contributed by atoms with van der Waals surface area (Å²) in [7, 11) is -1.38. The van der Waals surface area contributed by atoms with Crippen LogP contribution in [-0.4, -0.2) is 17.2 Å². The summed E-state index contributed by atoms with van der Waals surface area (Å²) in [6, 6.07) is 7.21. The number of hydrogen-bond acceptors (Lipinski definition) is 2. The van der Waals surface area contributed by atoms with E-state index in [1.807, 2.05) is 12.1 Å². The van der Waals surface area contributed by atoms with Gasteiger partial charge in [0, 0.05) is 0 Å². The molecule has 0 bridgehead atoms. The summed E-state index contributed by atoms with van der Waals surface area (Å²) < 4.78 is 0. The SMILES string of the molecule is CC(C)(C)CC=Cc1ccc(B(O)O)cc1. The monoisotopic (exact) mass is 218 g/mol. The van der Waals surface area contributed by atoms with Gasteiger partial charge in [0.05, 0.1) is 0 Å². The Morgan fingerprint density at radius 3 is 2.12 bits per heavy atom. The van der Waals surface area contributed by atoms with E-state index in [2.05, 4.69) is 32.9 Å². The maximum atomic E-state index is 8.93. The van der Waals surface area contributed by atoms with Crippen LogP contribution in [0.4, 0.5) is 0 Å². The molecule has 0 atom stereocenters. The summed E-state index contributed by atoms with van der Waals surface area (Å²) in [6.45, 7) is 6.59. The second-order valence-electron chi connectivity index (χ2n) is 5.21. The average Bonchev–Trinajstić information content (AvgIpc) is 2.16. The highest BCUT2D eigenvalue weighted by atomic mass is 16.4. The van der Waals surface area contributed by atoms with E-state index in [1.54, 1.807) is 12.1 Å². The van der Waals surface area contributed by atoms with Gasteiger partial charge < -0.3 is 10.0 Å². The van der Waals surface area contributed by atoms with Crippen LogP contribution < -0.4 is 5.46 Å². The third kappa shape index (κ3) is 4.64. The molecule has 0 saturated heterocycles. The van der Waals surface area contributed by atoms with Gasteiger partial charge >= 0.3 is 7.12 Å². The van der Waals surface area contributed by atoms with Gasteiger partial charge in [-0.2, -0.15) is 0 Å². The van der Waals surface area contributed by atoms with Gasteiger partial charge in [0.2, 0.25) is 0 Å². The quantitative estimate of drug-likeness (QED) is 0.759. The molecule has 2 N–H and O–H groups in total. The van der Waals surface area contributed by atoms with Crippen molar-refractivity contribution in [3.63, 3.8) is 0 Å². The predicted molar refractivity (Wildman–Crippen MR) is 69.4 cm³/mol. The van der Waals surface area contributed by atoms with E-state index in [1.165, 1.54) is 0 Å². The van der Waals surface area contributed by atoms with Crippen molar-refractivity contribution in [2.75, 3.05) is 0 Å². The first-order valence-corrected chi connectivity index (χ1v) is 5.51. The number of hydrogen-bond donors (Lipinski definition) is 2. The second kappa shape index (κ2) is 5.33. The Balaban J connectivity index is 2.62. The van der Waals surface area contributed by atoms with Crippen molar-refractivity contribution in [1.29, 1.82) is 0 Å².